The molecule has 2 rings (SSSR count). The fourth-order valence-electron chi connectivity index (χ4n) is 4.03. The second-order valence-corrected chi connectivity index (χ2v) is 20.1. The summed E-state index contributed by atoms with van der Waals surface area (Å²) in [6.45, 7) is 21.4. The van der Waals surface area contributed by atoms with Crippen molar-refractivity contribution in [2.24, 2.45) is 17.3 Å². The number of alkyl halides is 2. The van der Waals surface area contributed by atoms with Gasteiger partial charge in [0.15, 0.2) is 0 Å². The third-order valence-electron chi connectivity index (χ3n) is 7.75. The second-order valence-electron chi connectivity index (χ2n) is 14.6. The van der Waals surface area contributed by atoms with Gasteiger partial charge in [-0.15, -0.1) is 0 Å². The van der Waals surface area contributed by atoms with Gasteiger partial charge in [-0.25, -0.2) is 0 Å². The molecule has 1 unspecified atom stereocenters. The molecule has 0 aromatic heterocycles. The Bertz CT molecular complexity index is 1160. The van der Waals surface area contributed by atoms with Crippen LogP contribution in [-0.4, -0.2) is 47.1 Å². The molecule has 0 spiro atoms. The van der Waals surface area contributed by atoms with E-state index < -0.39 is 60.7 Å². The molecule has 0 saturated carbocycles. The molecule has 0 bridgehead atoms. The van der Waals surface area contributed by atoms with Crippen molar-refractivity contribution < 1.29 is 49.8 Å². The Morgan fingerprint density at radius 2 is 1.52 bits per heavy atom. The Morgan fingerprint density at radius 3 is 2.05 bits per heavy atom. The summed E-state index contributed by atoms with van der Waals surface area (Å²) in [6, 6.07) is 17.6. The molecule has 2 N–H and O–H groups in total. The number of halogens is 1. The zero-order chi connectivity index (χ0) is 33.1. The molecule has 44 heavy (non-hydrogen) atoms. The first-order valence-electron chi connectivity index (χ1n) is 15.5. The van der Waals surface area contributed by atoms with E-state index in [1.807, 2.05) is 75.4 Å². The summed E-state index contributed by atoms with van der Waals surface area (Å²) in [5.41, 5.74) is 1.40. The molecule has 0 heterocycles. The Kier molecular flexibility index (Phi) is 14.7. The van der Waals surface area contributed by atoms with E-state index in [0.717, 1.165) is 21.3 Å². The number of ether oxygens (including phenoxy) is 2. The van der Waals surface area contributed by atoms with E-state index in [1.54, 1.807) is 0 Å². The standard InChI is InChI=1S/C35H55INO6Si/c1-24(2)22-36-30(37-32(40)42-34(6,7)8)29(43-44-35(9,10)33(3,4)5)21-27(31(38)39)20-25-16-18-28(19-17-25)41-23-26-14-12-11-13-15-26/h11-19,24,27,29-30H,20-23,44H2,1-10H3,(H,37,40)(H,38,39)/q-1/t27-,29+,30?/m1/s1. The van der Waals surface area contributed by atoms with Gasteiger partial charge in [-0.3, -0.25) is 0 Å². The van der Waals surface area contributed by atoms with Crippen LogP contribution in [-0.2, 0) is 27.0 Å². The van der Waals surface area contributed by atoms with Crippen LogP contribution >= 0.6 is 0 Å². The molecule has 248 valence electrons. The number of amides is 1. The first-order valence-corrected chi connectivity index (χ1v) is 19.6. The summed E-state index contributed by atoms with van der Waals surface area (Å²) in [4.78, 5) is 25.6. The molecular formula is C35H55INO6Si-. The van der Waals surface area contributed by atoms with Crippen molar-refractivity contribution in [3.05, 3.63) is 65.7 Å². The van der Waals surface area contributed by atoms with Crippen LogP contribution in [0.25, 0.3) is 0 Å². The van der Waals surface area contributed by atoms with Crippen molar-refractivity contribution in [3.63, 3.8) is 0 Å². The predicted octanol–water partition coefficient (Wildman–Crippen LogP) is 4.21. The maximum absolute atomic E-state index is 13.0. The van der Waals surface area contributed by atoms with Crippen LogP contribution < -0.4 is 31.3 Å². The summed E-state index contributed by atoms with van der Waals surface area (Å²) in [5.74, 6) is -0.333. The van der Waals surface area contributed by atoms with Gasteiger partial charge in [-0.2, -0.15) is 0 Å². The number of nitrogens with one attached hydrogen (secondary N) is 1. The summed E-state index contributed by atoms with van der Waals surface area (Å²) in [6.07, 6.45) is -0.209. The van der Waals surface area contributed by atoms with E-state index in [1.165, 1.54) is 0 Å². The van der Waals surface area contributed by atoms with Crippen molar-refractivity contribution in [2.75, 3.05) is 4.43 Å². The second kappa shape index (κ2) is 17.0. The van der Waals surface area contributed by atoms with Crippen molar-refractivity contribution in [1.29, 1.82) is 0 Å². The number of rotatable bonds is 16. The molecular weight excluding hydrogens is 685 g/mol. The number of hydrogen-bond acceptors (Lipinski definition) is 5. The third-order valence-corrected chi connectivity index (χ3v) is 14.5. The molecule has 9 heteroatoms. The molecule has 0 aliphatic heterocycles. The van der Waals surface area contributed by atoms with Gasteiger partial charge in [0.2, 0.25) is 0 Å². The fraction of sp³-hybridized carbons (Fsp3) is 0.600. The summed E-state index contributed by atoms with van der Waals surface area (Å²) in [5, 5.41) is 13.5. The van der Waals surface area contributed by atoms with Gasteiger partial charge in [0.25, 0.3) is 0 Å². The van der Waals surface area contributed by atoms with Gasteiger partial charge in [0, 0.05) is 0 Å². The molecule has 2 aromatic carbocycles. The predicted molar refractivity (Wildman–Crippen MR) is 176 cm³/mol. The number of aliphatic carboxylic acids is 1. The van der Waals surface area contributed by atoms with Crippen LogP contribution in [0.1, 0.15) is 86.8 Å². The summed E-state index contributed by atoms with van der Waals surface area (Å²) < 4.78 is 19.1. The first kappa shape index (κ1) is 38.1. The molecule has 0 saturated heterocycles. The van der Waals surface area contributed by atoms with Crippen molar-refractivity contribution in [2.45, 2.75) is 109 Å². The van der Waals surface area contributed by atoms with Crippen molar-refractivity contribution in [3.8, 4) is 5.75 Å². The molecule has 1 amide bonds. The minimum atomic E-state index is -1.11. The van der Waals surface area contributed by atoms with Gasteiger partial charge in [-0.1, -0.05) is 30.3 Å². The number of hydrogen-bond donors (Lipinski definition) is 2. The normalized spacial score (nSPS) is 14.9. The monoisotopic (exact) mass is 740 g/mol. The minimum absolute atomic E-state index is 0.0291. The third kappa shape index (κ3) is 13.9. The molecule has 2 aromatic rings. The maximum atomic E-state index is 13.0. The average Bonchev–Trinajstić information content (AvgIpc) is 2.91. The molecule has 0 radical (unpaired) electrons. The Balaban J connectivity index is 2.28. The van der Waals surface area contributed by atoms with E-state index in [0.29, 0.717) is 25.4 Å². The van der Waals surface area contributed by atoms with Crippen molar-refractivity contribution in [1.82, 2.24) is 5.32 Å². The molecule has 0 aliphatic carbocycles. The van der Waals surface area contributed by atoms with Crippen LogP contribution in [0, 0.1) is 17.3 Å². The molecule has 0 fully saturated rings. The average molecular weight is 741 g/mol. The first-order chi connectivity index (χ1) is 20.4. The zero-order valence-electron chi connectivity index (χ0n) is 28.4. The summed E-state index contributed by atoms with van der Waals surface area (Å²) >= 11 is -0.541. The Hall–Kier alpha value is -2.11. The number of carbonyl (C=O) groups is 2. The quantitative estimate of drug-likeness (QED) is 0.116. The summed E-state index contributed by atoms with van der Waals surface area (Å²) in [7, 11) is -1.11. The van der Waals surface area contributed by atoms with Crippen LogP contribution in [0.15, 0.2) is 54.6 Å². The number of benzene rings is 2. The van der Waals surface area contributed by atoms with E-state index in [4.69, 9.17) is 13.9 Å². The van der Waals surface area contributed by atoms with Gasteiger partial charge in [0.1, 0.15) is 0 Å². The number of carbonyl (C=O) groups excluding carboxylic acids is 1. The fourth-order valence-corrected chi connectivity index (χ4v) is 8.92. The van der Waals surface area contributed by atoms with Crippen LogP contribution in [0.2, 0.25) is 5.04 Å². The van der Waals surface area contributed by atoms with E-state index in [-0.39, 0.29) is 14.5 Å². The molecule has 0 aliphatic rings. The van der Waals surface area contributed by atoms with Gasteiger partial charge < -0.3 is 0 Å². The number of carboxylic acid groups (broad SMARTS) is 1. The van der Waals surface area contributed by atoms with Crippen molar-refractivity contribution >= 4 is 21.8 Å². The SMILES string of the molecule is CC(C)C[I-]C(NC(=O)OC(C)(C)C)[C@H](C[C@@H](Cc1ccc(OCc2ccccc2)cc1)C(=O)O)O[SiH2]C(C)(C)C(C)(C)C. The van der Waals surface area contributed by atoms with E-state index in [9.17, 15) is 14.7 Å². The Labute approximate surface area is 278 Å². The Morgan fingerprint density at radius 1 is 0.909 bits per heavy atom. The van der Waals surface area contributed by atoms with E-state index >= 15 is 0 Å². The number of carboxylic acids is 1. The molecule has 3 atom stereocenters. The van der Waals surface area contributed by atoms with Gasteiger partial charge in [-0.05, 0) is 0 Å². The topological polar surface area (TPSA) is 94.1 Å². The van der Waals surface area contributed by atoms with Crippen LogP contribution in [0.3, 0.4) is 0 Å². The van der Waals surface area contributed by atoms with E-state index in [2.05, 4.69) is 53.8 Å². The van der Waals surface area contributed by atoms with Crippen LogP contribution in [0.5, 0.6) is 5.75 Å². The zero-order valence-corrected chi connectivity index (χ0v) is 32.0. The van der Waals surface area contributed by atoms with Crippen LogP contribution in [0.4, 0.5) is 4.79 Å². The number of alkyl carbamates (subject to hydrolysis) is 1. The molecule has 7 nitrogen and oxygen atoms in total. The van der Waals surface area contributed by atoms with Gasteiger partial charge in [0.05, 0.1) is 0 Å². The van der Waals surface area contributed by atoms with Gasteiger partial charge >= 0.3 is 249 Å².